The van der Waals surface area contributed by atoms with Gasteiger partial charge in [-0.1, -0.05) is 18.5 Å². The minimum absolute atomic E-state index is 0.211. The molecule has 1 aromatic carbocycles. The Hall–Kier alpha value is -1.52. The van der Waals surface area contributed by atoms with Gasteiger partial charge in [-0.15, -0.1) is 11.3 Å². The standard InChI is InChI=1S/C15H15ClN2OS/c1-3-15-18-11-8-10(4-5-12(11)19-15)17-9(2)13-6-7-14(16)20-13/h4-9,17H,3H2,1-2H3. The maximum Gasteiger partial charge on any atom is 0.195 e. The maximum absolute atomic E-state index is 5.97. The van der Waals surface area contributed by atoms with Gasteiger partial charge in [0.2, 0.25) is 0 Å². The first-order valence-corrected chi connectivity index (χ1v) is 7.76. The average Bonchev–Trinajstić information content (AvgIpc) is 3.03. The molecule has 3 nitrogen and oxygen atoms in total. The minimum Gasteiger partial charge on any atom is -0.441 e. The fourth-order valence-corrected chi connectivity index (χ4v) is 3.16. The number of rotatable bonds is 4. The van der Waals surface area contributed by atoms with Crippen molar-refractivity contribution in [2.24, 2.45) is 0 Å². The number of aryl methyl sites for hydroxylation is 1. The van der Waals surface area contributed by atoms with Crippen molar-refractivity contribution in [3.8, 4) is 0 Å². The second kappa shape index (κ2) is 5.46. The highest BCUT2D eigenvalue weighted by atomic mass is 35.5. The van der Waals surface area contributed by atoms with E-state index in [9.17, 15) is 0 Å². The van der Waals surface area contributed by atoms with Gasteiger partial charge in [0, 0.05) is 17.0 Å². The molecule has 0 radical (unpaired) electrons. The fourth-order valence-electron chi connectivity index (χ4n) is 2.10. The number of hydrogen-bond acceptors (Lipinski definition) is 4. The van der Waals surface area contributed by atoms with Gasteiger partial charge in [-0.2, -0.15) is 0 Å². The Morgan fingerprint density at radius 1 is 1.35 bits per heavy atom. The van der Waals surface area contributed by atoms with Crippen LogP contribution in [0.2, 0.25) is 4.34 Å². The number of benzene rings is 1. The van der Waals surface area contributed by atoms with E-state index in [1.165, 1.54) is 4.88 Å². The largest absolute Gasteiger partial charge is 0.441 e. The fraction of sp³-hybridized carbons (Fsp3) is 0.267. The van der Waals surface area contributed by atoms with Crippen molar-refractivity contribution >= 4 is 39.7 Å². The van der Waals surface area contributed by atoms with Crippen molar-refractivity contribution in [3.05, 3.63) is 45.4 Å². The van der Waals surface area contributed by atoms with E-state index < -0.39 is 0 Å². The normalized spacial score (nSPS) is 12.8. The summed E-state index contributed by atoms with van der Waals surface area (Å²) in [6, 6.07) is 10.2. The van der Waals surface area contributed by atoms with Gasteiger partial charge in [-0.25, -0.2) is 4.98 Å². The molecule has 2 heterocycles. The highest BCUT2D eigenvalue weighted by Gasteiger charge is 2.10. The van der Waals surface area contributed by atoms with Crippen molar-refractivity contribution in [2.45, 2.75) is 26.3 Å². The number of nitrogens with one attached hydrogen (secondary N) is 1. The molecule has 20 heavy (non-hydrogen) atoms. The monoisotopic (exact) mass is 306 g/mol. The number of aromatic nitrogens is 1. The highest BCUT2D eigenvalue weighted by Crippen LogP contribution is 2.29. The summed E-state index contributed by atoms with van der Waals surface area (Å²) in [5.41, 5.74) is 2.76. The first kappa shape index (κ1) is 13.5. The van der Waals surface area contributed by atoms with E-state index in [0.29, 0.717) is 0 Å². The lowest BCUT2D eigenvalue weighted by molar-refractivity contribution is 0.538. The molecule has 3 rings (SSSR count). The van der Waals surface area contributed by atoms with Crippen molar-refractivity contribution in [3.63, 3.8) is 0 Å². The molecule has 0 bridgehead atoms. The summed E-state index contributed by atoms with van der Waals surface area (Å²) in [5, 5.41) is 3.46. The Balaban J connectivity index is 1.83. The zero-order valence-corrected chi connectivity index (χ0v) is 12.9. The lowest BCUT2D eigenvalue weighted by Crippen LogP contribution is -2.04. The number of hydrogen-bond donors (Lipinski definition) is 1. The molecule has 1 unspecified atom stereocenters. The second-order valence-corrected chi connectivity index (χ2v) is 6.40. The van der Waals surface area contributed by atoms with E-state index in [-0.39, 0.29) is 6.04 Å². The summed E-state index contributed by atoms with van der Waals surface area (Å²) in [6.07, 6.45) is 0.807. The summed E-state index contributed by atoms with van der Waals surface area (Å²) in [4.78, 5) is 5.66. The third-order valence-corrected chi connectivity index (χ3v) is 4.55. The van der Waals surface area contributed by atoms with Gasteiger partial charge in [0.1, 0.15) is 5.52 Å². The molecule has 0 amide bonds. The van der Waals surface area contributed by atoms with Crippen molar-refractivity contribution in [1.82, 2.24) is 4.98 Å². The van der Waals surface area contributed by atoms with Crippen LogP contribution in [0.4, 0.5) is 5.69 Å². The van der Waals surface area contributed by atoms with E-state index >= 15 is 0 Å². The molecule has 0 aliphatic carbocycles. The van der Waals surface area contributed by atoms with Crippen LogP contribution in [0.15, 0.2) is 34.7 Å². The quantitative estimate of drug-likeness (QED) is 0.712. The lowest BCUT2D eigenvalue weighted by Gasteiger charge is -2.13. The average molecular weight is 307 g/mol. The molecule has 0 saturated heterocycles. The second-order valence-electron chi connectivity index (χ2n) is 4.65. The van der Waals surface area contributed by atoms with Gasteiger partial charge in [0.25, 0.3) is 0 Å². The van der Waals surface area contributed by atoms with Crippen LogP contribution < -0.4 is 5.32 Å². The van der Waals surface area contributed by atoms with Crippen molar-refractivity contribution in [2.75, 3.05) is 5.32 Å². The van der Waals surface area contributed by atoms with E-state index in [2.05, 4.69) is 23.3 Å². The van der Waals surface area contributed by atoms with E-state index in [1.807, 2.05) is 31.2 Å². The molecule has 0 aliphatic heterocycles. The Kier molecular flexibility index (Phi) is 3.68. The van der Waals surface area contributed by atoms with Crippen LogP contribution in [0.5, 0.6) is 0 Å². The lowest BCUT2D eigenvalue weighted by atomic mass is 10.2. The Bertz CT molecular complexity index is 734. The molecule has 1 atom stereocenters. The van der Waals surface area contributed by atoms with Crippen LogP contribution in [-0.4, -0.2) is 4.98 Å². The number of thiophene rings is 1. The molecule has 0 spiro atoms. The first-order valence-electron chi connectivity index (χ1n) is 6.57. The Labute approximate surface area is 126 Å². The summed E-state index contributed by atoms with van der Waals surface area (Å²) >= 11 is 7.57. The molecule has 3 aromatic rings. The van der Waals surface area contributed by atoms with Gasteiger partial charge < -0.3 is 9.73 Å². The van der Waals surface area contributed by atoms with Crippen LogP contribution >= 0.6 is 22.9 Å². The van der Waals surface area contributed by atoms with Gasteiger partial charge in [-0.05, 0) is 37.3 Å². The predicted octanol–water partition coefficient (Wildman–Crippen LogP) is 5.28. The van der Waals surface area contributed by atoms with Gasteiger partial charge in [-0.3, -0.25) is 0 Å². The zero-order valence-electron chi connectivity index (χ0n) is 11.3. The third kappa shape index (κ3) is 2.67. The molecular weight excluding hydrogens is 292 g/mol. The van der Waals surface area contributed by atoms with Gasteiger partial charge in [0.05, 0.1) is 10.4 Å². The van der Waals surface area contributed by atoms with E-state index in [1.54, 1.807) is 11.3 Å². The molecule has 0 aliphatic rings. The maximum atomic E-state index is 5.97. The van der Waals surface area contributed by atoms with Gasteiger partial charge in [0.15, 0.2) is 11.5 Å². The molecule has 2 aromatic heterocycles. The number of oxazole rings is 1. The summed E-state index contributed by atoms with van der Waals surface area (Å²) in [7, 11) is 0. The number of nitrogens with zero attached hydrogens (tertiary/aromatic N) is 1. The zero-order chi connectivity index (χ0) is 14.1. The number of fused-ring (bicyclic) bond motifs is 1. The molecule has 0 saturated carbocycles. The summed E-state index contributed by atoms with van der Waals surface area (Å²) in [6.45, 7) is 4.15. The van der Waals surface area contributed by atoms with Crippen LogP contribution in [0.3, 0.4) is 0 Å². The third-order valence-electron chi connectivity index (χ3n) is 3.14. The topological polar surface area (TPSA) is 38.1 Å². The first-order chi connectivity index (χ1) is 9.65. The van der Waals surface area contributed by atoms with E-state index in [4.69, 9.17) is 16.0 Å². The molecular formula is C15H15ClN2OS. The summed E-state index contributed by atoms with van der Waals surface area (Å²) in [5.74, 6) is 0.773. The summed E-state index contributed by atoms with van der Waals surface area (Å²) < 4.78 is 6.42. The Morgan fingerprint density at radius 3 is 2.90 bits per heavy atom. The number of halogens is 1. The number of anilines is 1. The predicted molar refractivity (Wildman–Crippen MR) is 84.8 cm³/mol. The molecule has 0 fully saturated rings. The van der Waals surface area contributed by atoms with E-state index in [0.717, 1.165) is 33.4 Å². The smallest absolute Gasteiger partial charge is 0.195 e. The van der Waals surface area contributed by atoms with Crippen LogP contribution in [0.1, 0.15) is 30.7 Å². The van der Waals surface area contributed by atoms with Crippen LogP contribution in [-0.2, 0) is 6.42 Å². The van der Waals surface area contributed by atoms with Crippen LogP contribution in [0, 0.1) is 0 Å². The SMILES string of the molecule is CCc1nc2cc(NC(C)c3ccc(Cl)s3)ccc2o1. The minimum atomic E-state index is 0.211. The van der Waals surface area contributed by atoms with Gasteiger partial charge >= 0.3 is 0 Å². The molecule has 5 heteroatoms. The van der Waals surface area contributed by atoms with Crippen molar-refractivity contribution < 1.29 is 4.42 Å². The highest BCUT2D eigenvalue weighted by molar-refractivity contribution is 7.16. The Morgan fingerprint density at radius 2 is 2.20 bits per heavy atom. The molecule has 104 valence electrons. The van der Waals surface area contributed by atoms with Crippen LogP contribution in [0.25, 0.3) is 11.1 Å². The molecule has 1 N–H and O–H groups in total. The van der Waals surface area contributed by atoms with Crippen molar-refractivity contribution in [1.29, 1.82) is 0 Å².